The van der Waals surface area contributed by atoms with Crippen molar-refractivity contribution in [2.45, 2.75) is 45.3 Å². The molecular weight excluding hydrogens is 216 g/mol. The molecule has 1 aliphatic rings. The molecule has 1 N–H and O–H groups in total. The van der Waals surface area contributed by atoms with Gasteiger partial charge in [-0.15, -0.1) is 5.10 Å². The van der Waals surface area contributed by atoms with E-state index in [1.165, 1.54) is 4.68 Å². The van der Waals surface area contributed by atoms with E-state index in [0.29, 0.717) is 5.92 Å². The minimum absolute atomic E-state index is 0.0128. The number of rotatable bonds is 4. The molecule has 1 fully saturated rings. The summed E-state index contributed by atoms with van der Waals surface area (Å²) in [5.41, 5.74) is -0.247. The highest BCUT2D eigenvalue weighted by Crippen LogP contribution is 2.37. The van der Waals surface area contributed by atoms with Gasteiger partial charge in [0.05, 0.1) is 12.6 Å². The van der Waals surface area contributed by atoms with Gasteiger partial charge < -0.3 is 5.11 Å². The van der Waals surface area contributed by atoms with Crippen LogP contribution in [0.4, 0.5) is 8.78 Å². The molecule has 16 heavy (non-hydrogen) atoms. The van der Waals surface area contributed by atoms with E-state index in [4.69, 9.17) is 5.11 Å². The van der Waals surface area contributed by atoms with Crippen molar-refractivity contribution >= 4 is 0 Å². The number of halogens is 2. The standard InChI is InChI=1S/C10H15F2N3O/c1-6(7-3-2-4-7)15-9(10(11)12)8(5-16)13-14-15/h6-7,10,16H,2-5H2,1H3. The van der Waals surface area contributed by atoms with Crippen molar-refractivity contribution < 1.29 is 13.9 Å². The minimum atomic E-state index is -2.64. The summed E-state index contributed by atoms with van der Waals surface area (Å²) in [4.78, 5) is 0. The topological polar surface area (TPSA) is 50.9 Å². The Morgan fingerprint density at radius 3 is 2.62 bits per heavy atom. The number of hydrogen-bond acceptors (Lipinski definition) is 3. The number of aliphatic hydroxyl groups excluding tert-OH is 1. The van der Waals surface area contributed by atoms with E-state index < -0.39 is 13.0 Å². The van der Waals surface area contributed by atoms with Crippen molar-refractivity contribution in [3.8, 4) is 0 Å². The average Bonchev–Trinajstić information content (AvgIpc) is 2.57. The molecule has 0 radical (unpaired) electrons. The van der Waals surface area contributed by atoms with Crippen LogP contribution in [0.25, 0.3) is 0 Å². The largest absolute Gasteiger partial charge is 0.390 e. The molecule has 1 aliphatic carbocycles. The fourth-order valence-corrected chi connectivity index (χ4v) is 2.10. The first-order valence-electron chi connectivity index (χ1n) is 5.48. The van der Waals surface area contributed by atoms with Crippen LogP contribution >= 0.6 is 0 Å². The number of aromatic nitrogens is 3. The second-order valence-electron chi connectivity index (χ2n) is 4.26. The zero-order valence-corrected chi connectivity index (χ0v) is 9.11. The van der Waals surface area contributed by atoms with E-state index in [2.05, 4.69) is 10.3 Å². The quantitative estimate of drug-likeness (QED) is 0.863. The molecule has 0 saturated heterocycles. The summed E-state index contributed by atoms with van der Waals surface area (Å²) in [7, 11) is 0. The SMILES string of the molecule is CC(C1CCC1)n1nnc(CO)c1C(F)F. The molecule has 1 saturated carbocycles. The first-order valence-corrected chi connectivity index (χ1v) is 5.48. The average molecular weight is 231 g/mol. The maximum absolute atomic E-state index is 12.8. The fraction of sp³-hybridized carbons (Fsp3) is 0.800. The molecule has 0 spiro atoms. The Hall–Kier alpha value is -1.04. The van der Waals surface area contributed by atoms with Gasteiger partial charge in [-0.3, -0.25) is 0 Å². The third-order valence-electron chi connectivity index (χ3n) is 3.38. The number of aliphatic hydroxyl groups is 1. The van der Waals surface area contributed by atoms with Crippen LogP contribution in [-0.4, -0.2) is 20.1 Å². The Bertz CT molecular complexity index is 363. The molecule has 2 rings (SSSR count). The monoisotopic (exact) mass is 231 g/mol. The lowest BCUT2D eigenvalue weighted by Crippen LogP contribution is -2.25. The maximum Gasteiger partial charge on any atom is 0.282 e. The molecule has 6 heteroatoms. The maximum atomic E-state index is 12.8. The van der Waals surface area contributed by atoms with E-state index in [0.717, 1.165) is 19.3 Å². The summed E-state index contributed by atoms with van der Waals surface area (Å²) in [6, 6.07) is -0.0643. The van der Waals surface area contributed by atoms with Gasteiger partial charge in [-0.25, -0.2) is 13.5 Å². The van der Waals surface area contributed by atoms with E-state index in [-0.39, 0.29) is 17.4 Å². The van der Waals surface area contributed by atoms with Crippen LogP contribution in [0.2, 0.25) is 0 Å². The van der Waals surface area contributed by atoms with Crippen LogP contribution < -0.4 is 0 Å². The highest BCUT2D eigenvalue weighted by atomic mass is 19.3. The molecule has 0 aromatic carbocycles. The van der Waals surface area contributed by atoms with Gasteiger partial charge in [0.1, 0.15) is 11.4 Å². The Morgan fingerprint density at radius 2 is 2.19 bits per heavy atom. The van der Waals surface area contributed by atoms with Gasteiger partial charge >= 0.3 is 0 Å². The highest BCUT2D eigenvalue weighted by molar-refractivity contribution is 5.11. The second-order valence-corrected chi connectivity index (χ2v) is 4.26. The molecule has 0 aliphatic heterocycles. The minimum Gasteiger partial charge on any atom is -0.390 e. The van der Waals surface area contributed by atoms with E-state index in [1.807, 2.05) is 6.92 Å². The van der Waals surface area contributed by atoms with Crippen LogP contribution in [0.1, 0.15) is 50.0 Å². The summed E-state index contributed by atoms with van der Waals surface area (Å²) < 4.78 is 27.0. The molecule has 1 aromatic rings. The third-order valence-corrected chi connectivity index (χ3v) is 3.38. The normalized spacial score (nSPS) is 18.8. The van der Waals surface area contributed by atoms with E-state index >= 15 is 0 Å². The zero-order chi connectivity index (χ0) is 11.7. The number of hydrogen-bond donors (Lipinski definition) is 1. The highest BCUT2D eigenvalue weighted by Gasteiger charge is 2.30. The van der Waals surface area contributed by atoms with Gasteiger partial charge in [-0.2, -0.15) is 0 Å². The van der Waals surface area contributed by atoms with E-state index in [9.17, 15) is 8.78 Å². The Kier molecular flexibility index (Phi) is 3.18. The Balaban J connectivity index is 2.28. The van der Waals surface area contributed by atoms with Crippen LogP contribution in [-0.2, 0) is 6.61 Å². The molecule has 0 amide bonds. The third kappa shape index (κ3) is 1.81. The van der Waals surface area contributed by atoms with Crippen LogP contribution in [0.3, 0.4) is 0 Å². The summed E-state index contributed by atoms with van der Waals surface area (Å²) in [5, 5.41) is 16.3. The first-order chi connectivity index (χ1) is 7.65. The molecule has 4 nitrogen and oxygen atoms in total. The molecule has 1 heterocycles. The lowest BCUT2D eigenvalue weighted by Gasteiger charge is -2.31. The summed E-state index contributed by atoms with van der Waals surface area (Å²) in [5.74, 6) is 0.408. The Morgan fingerprint density at radius 1 is 1.50 bits per heavy atom. The second kappa shape index (κ2) is 4.45. The molecule has 0 bridgehead atoms. The van der Waals surface area contributed by atoms with Crippen molar-refractivity contribution in [3.63, 3.8) is 0 Å². The predicted molar refractivity (Wildman–Crippen MR) is 53.0 cm³/mol. The van der Waals surface area contributed by atoms with Crippen molar-refractivity contribution in [1.82, 2.24) is 15.0 Å². The van der Waals surface area contributed by atoms with Gasteiger partial charge in [0.25, 0.3) is 6.43 Å². The van der Waals surface area contributed by atoms with Gasteiger partial charge in [-0.1, -0.05) is 11.6 Å². The predicted octanol–water partition coefficient (Wildman–Crippen LogP) is 2.07. The number of nitrogens with zero attached hydrogens (tertiary/aromatic N) is 3. The lowest BCUT2D eigenvalue weighted by molar-refractivity contribution is 0.121. The van der Waals surface area contributed by atoms with Crippen LogP contribution in [0.5, 0.6) is 0 Å². The Labute approximate surface area is 92.3 Å². The fourth-order valence-electron chi connectivity index (χ4n) is 2.10. The van der Waals surface area contributed by atoms with E-state index in [1.54, 1.807) is 0 Å². The molecular formula is C10H15F2N3O. The van der Waals surface area contributed by atoms with Crippen molar-refractivity contribution in [2.75, 3.05) is 0 Å². The summed E-state index contributed by atoms with van der Waals surface area (Å²) >= 11 is 0. The van der Waals surface area contributed by atoms with Crippen molar-refractivity contribution in [3.05, 3.63) is 11.4 Å². The number of alkyl halides is 2. The van der Waals surface area contributed by atoms with Gasteiger partial charge in [0, 0.05) is 0 Å². The van der Waals surface area contributed by atoms with Gasteiger partial charge in [-0.05, 0) is 25.7 Å². The molecule has 1 unspecified atom stereocenters. The van der Waals surface area contributed by atoms with Crippen molar-refractivity contribution in [1.29, 1.82) is 0 Å². The molecule has 1 aromatic heterocycles. The molecule has 1 atom stereocenters. The smallest absolute Gasteiger partial charge is 0.282 e. The van der Waals surface area contributed by atoms with Crippen LogP contribution in [0.15, 0.2) is 0 Å². The summed E-state index contributed by atoms with van der Waals surface area (Å²) in [6.45, 7) is 1.39. The molecule has 90 valence electrons. The zero-order valence-electron chi connectivity index (χ0n) is 9.11. The van der Waals surface area contributed by atoms with Crippen molar-refractivity contribution in [2.24, 2.45) is 5.92 Å². The van der Waals surface area contributed by atoms with Crippen LogP contribution in [0, 0.1) is 5.92 Å². The lowest BCUT2D eigenvalue weighted by atomic mass is 9.80. The van der Waals surface area contributed by atoms with Gasteiger partial charge in [0.2, 0.25) is 0 Å². The first kappa shape index (κ1) is 11.4. The van der Waals surface area contributed by atoms with Gasteiger partial charge in [0.15, 0.2) is 0 Å². The summed E-state index contributed by atoms with van der Waals surface area (Å²) in [6.07, 6.45) is 0.622.